The van der Waals surface area contributed by atoms with Gasteiger partial charge < -0.3 is 5.32 Å². The third kappa shape index (κ3) is 2.89. The van der Waals surface area contributed by atoms with Crippen LogP contribution in [-0.2, 0) is 6.54 Å². The first-order valence-electron chi connectivity index (χ1n) is 5.66. The monoisotopic (exact) mass is 252 g/mol. The molecule has 0 radical (unpaired) electrons. The van der Waals surface area contributed by atoms with Crippen LogP contribution in [0.1, 0.15) is 19.5 Å². The second-order valence-corrected chi connectivity index (χ2v) is 4.29. The van der Waals surface area contributed by atoms with Crippen LogP contribution >= 0.6 is 0 Å². The van der Waals surface area contributed by atoms with Crippen LogP contribution in [0.15, 0.2) is 24.4 Å². The highest BCUT2D eigenvalue weighted by molar-refractivity contribution is 5.32. The lowest BCUT2D eigenvalue weighted by atomic mass is 10.3. The van der Waals surface area contributed by atoms with E-state index in [1.54, 1.807) is 6.20 Å². The van der Waals surface area contributed by atoms with Gasteiger partial charge in [0.15, 0.2) is 0 Å². The molecule has 6 heteroatoms. The minimum Gasteiger partial charge on any atom is -0.309 e. The van der Waals surface area contributed by atoms with E-state index in [9.17, 15) is 8.78 Å². The molecule has 0 atom stereocenters. The van der Waals surface area contributed by atoms with Crippen molar-refractivity contribution in [2.75, 3.05) is 0 Å². The standard InChI is InChI=1S/C12H14F2N4/c1-8(2)15-6-10-7-18(17-16-10)12-5-9(13)3-4-11(12)14/h3-5,7-8,15H,6H2,1-2H3. The lowest BCUT2D eigenvalue weighted by Gasteiger charge is -2.04. The highest BCUT2D eigenvalue weighted by Crippen LogP contribution is 2.13. The molecule has 0 fully saturated rings. The Balaban J connectivity index is 2.21. The molecule has 0 unspecified atom stereocenters. The van der Waals surface area contributed by atoms with Crippen molar-refractivity contribution in [1.82, 2.24) is 20.3 Å². The van der Waals surface area contributed by atoms with Crippen molar-refractivity contribution in [3.63, 3.8) is 0 Å². The topological polar surface area (TPSA) is 42.7 Å². The maximum absolute atomic E-state index is 13.5. The van der Waals surface area contributed by atoms with E-state index < -0.39 is 11.6 Å². The minimum atomic E-state index is -0.537. The van der Waals surface area contributed by atoms with E-state index in [0.29, 0.717) is 18.3 Å². The Morgan fingerprint density at radius 2 is 2.11 bits per heavy atom. The third-order valence-electron chi connectivity index (χ3n) is 2.39. The molecule has 0 saturated heterocycles. The molecule has 96 valence electrons. The first-order chi connectivity index (χ1) is 8.56. The van der Waals surface area contributed by atoms with E-state index in [4.69, 9.17) is 0 Å². The van der Waals surface area contributed by atoms with Gasteiger partial charge in [0.05, 0.1) is 11.9 Å². The van der Waals surface area contributed by atoms with Gasteiger partial charge in [0.1, 0.15) is 17.3 Å². The zero-order valence-electron chi connectivity index (χ0n) is 10.2. The van der Waals surface area contributed by atoms with Crippen LogP contribution in [0.25, 0.3) is 5.69 Å². The molecule has 18 heavy (non-hydrogen) atoms. The number of hydrogen-bond acceptors (Lipinski definition) is 3. The minimum absolute atomic E-state index is 0.0540. The molecular weight excluding hydrogens is 238 g/mol. The van der Waals surface area contributed by atoms with Crippen molar-refractivity contribution in [1.29, 1.82) is 0 Å². The van der Waals surface area contributed by atoms with E-state index in [1.165, 1.54) is 4.68 Å². The summed E-state index contributed by atoms with van der Waals surface area (Å²) in [6.07, 6.45) is 1.58. The second-order valence-electron chi connectivity index (χ2n) is 4.29. The summed E-state index contributed by atoms with van der Waals surface area (Å²) in [6.45, 7) is 4.56. The Hall–Kier alpha value is -1.82. The summed E-state index contributed by atoms with van der Waals surface area (Å²) in [6, 6.07) is 3.54. The van der Waals surface area contributed by atoms with Gasteiger partial charge in [-0.3, -0.25) is 0 Å². The van der Waals surface area contributed by atoms with Gasteiger partial charge in [-0.2, -0.15) is 0 Å². The van der Waals surface area contributed by atoms with Crippen molar-refractivity contribution >= 4 is 0 Å². The molecule has 1 N–H and O–H groups in total. The van der Waals surface area contributed by atoms with Gasteiger partial charge in [-0.15, -0.1) is 5.10 Å². The molecule has 2 rings (SSSR count). The molecule has 1 heterocycles. The maximum atomic E-state index is 13.5. The number of nitrogens with one attached hydrogen (secondary N) is 1. The smallest absolute Gasteiger partial charge is 0.149 e. The van der Waals surface area contributed by atoms with Gasteiger partial charge in [0.25, 0.3) is 0 Å². The summed E-state index contributed by atoms with van der Waals surface area (Å²) in [5.74, 6) is -1.05. The van der Waals surface area contributed by atoms with Crippen molar-refractivity contribution < 1.29 is 8.78 Å². The molecule has 4 nitrogen and oxygen atoms in total. The molecule has 0 spiro atoms. The third-order valence-corrected chi connectivity index (χ3v) is 2.39. The van der Waals surface area contributed by atoms with Gasteiger partial charge >= 0.3 is 0 Å². The molecule has 0 saturated carbocycles. The Morgan fingerprint density at radius 1 is 1.33 bits per heavy atom. The van der Waals surface area contributed by atoms with Gasteiger partial charge in [-0.1, -0.05) is 19.1 Å². The summed E-state index contributed by atoms with van der Waals surface area (Å²) in [5.41, 5.74) is 0.727. The molecule has 0 aliphatic rings. The van der Waals surface area contributed by atoms with Crippen LogP contribution in [0, 0.1) is 11.6 Å². The predicted molar refractivity (Wildman–Crippen MR) is 63.3 cm³/mol. The summed E-state index contributed by atoms with van der Waals surface area (Å²) < 4.78 is 27.8. The SMILES string of the molecule is CC(C)NCc1cn(-c2cc(F)ccc2F)nn1. The van der Waals surface area contributed by atoms with E-state index >= 15 is 0 Å². The Kier molecular flexibility index (Phi) is 3.66. The van der Waals surface area contributed by atoms with Gasteiger partial charge in [-0.05, 0) is 12.1 Å². The fraction of sp³-hybridized carbons (Fsp3) is 0.333. The normalized spacial score (nSPS) is 11.2. The zero-order valence-corrected chi connectivity index (χ0v) is 10.2. The Bertz CT molecular complexity index is 537. The van der Waals surface area contributed by atoms with Crippen LogP contribution in [-0.4, -0.2) is 21.0 Å². The van der Waals surface area contributed by atoms with Gasteiger partial charge in [-0.25, -0.2) is 13.5 Å². The summed E-state index contributed by atoms with van der Waals surface area (Å²) >= 11 is 0. The van der Waals surface area contributed by atoms with Gasteiger partial charge in [0, 0.05) is 18.7 Å². The summed E-state index contributed by atoms with van der Waals surface area (Å²) in [4.78, 5) is 0. The van der Waals surface area contributed by atoms with E-state index in [1.807, 2.05) is 13.8 Å². The van der Waals surface area contributed by atoms with Crippen LogP contribution in [0.2, 0.25) is 0 Å². The summed E-state index contributed by atoms with van der Waals surface area (Å²) in [5, 5.41) is 10.9. The molecule has 2 aromatic rings. The number of halogens is 2. The van der Waals surface area contributed by atoms with Gasteiger partial charge in [0.2, 0.25) is 0 Å². The molecule has 0 bridgehead atoms. The van der Waals surface area contributed by atoms with Crippen molar-refractivity contribution in [3.05, 3.63) is 41.7 Å². The number of nitrogens with zero attached hydrogens (tertiary/aromatic N) is 3. The lowest BCUT2D eigenvalue weighted by molar-refractivity contribution is 0.580. The second kappa shape index (κ2) is 5.22. The summed E-state index contributed by atoms with van der Waals surface area (Å²) in [7, 11) is 0. The molecule has 0 aliphatic heterocycles. The average molecular weight is 252 g/mol. The van der Waals surface area contributed by atoms with Crippen molar-refractivity contribution in [2.45, 2.75) is 26.4 Å². The largest absolute Gasteiger partial charge is 0.309 e. The Morgan fingerprint density at radius 3 is 2.83 bits per heavy atom. The van der Waals surface area contributed by atoms with E-state index in [0.717, 1.165) is 18.2 Å². The van der Waals surface area contributed by atoms with Crippen LogP contribution in [0.4, 0.5) is 8.78 Å². The average Bonchev–Trinajstić information content (AvgIpc) is 2.78. The number of hydrogen-bond donors (Lipinski definition) is 1. The Labute approximate surface area is 104 Å². The maximum Gasteiger partial charge on any atom is 0.149 e. The van der Waals surface area contributed by atoms with E-state index in [-0.39, 0.29) is 5.69 Å². The van der Waals surface area contributed by atoms with Crippen LogP contribution in [0.5, 0.6) is 0 Å². The highest BCUT2D eigenvalue weighted by Gasteiger charge is 2.09. The number of benzene rings is 1. The molecule has 0 aliphatic carbocycles. The fourth-order valence-corrected chi connectivity index (χ4v) is 1.47. The molecular formula is C12H14F2N4. The zero-order chi connectivity index (χ0) is 13.1. The quantitative estimate of drug-likeness (QED) is 0.905. The van der Waals surface area contributed by atoms with Crippen molar-refractivity contribution in [2.24, 2.45) is 0 Å². The number of rotatable bonds is 4. The van der Waals surface area contributed by atoms with Crippen LogP contribution in [0.3, 0.4) is 0 Å². The predicted octanol–water partition coefficient (Wildman–Crippen LogP) is 2.04. The lowest BCUT2D eigenvalue weighted by Crippen LogP contribution is -2.21. The fourth-order valence-electron chi connectivity index (χ4n) is 1.47. The first kappa shape index (κ1) is 12.6. The number of aromatic nitrogens is 3. The van der Waals surface area contributed by atoms with Crippen LogP contribution < -0.4 is 5.32 Å². The first-order valence-corrected chi connectivity index (χ1v) is 5.66. The molecule has 1 aromatic heterocycles. The van der Waals surface area contributed by atoms with Crippen molar-refractivity contribution in [3.8, 4) is 5.69 Å². The molecule has 1 aromatic carbocycles. The van der Waals surface area contributed by atoms with E-state index in [2.05, 4.69) is 15.6 Å². The molecule has 0 amide bonds. The highest BCUT2D eigenvalue weighted by atomic mass is 19.1.